The van der Waals surface area contributed by atoms with Crippen LogP contribution in [0.25, 0.3) is 0 Å². The van der Waals surface area contributed by atoms with Gasteiger partial charge in [-0.3, -0.25) is 33.8 Å². The molecular weight excluding hydrogens is 797 g/mol. The molecule has 0 aliphatic heterocycles. The second kappa shape index (κ2) is 25.6. The number of nitrogens with zero attached hydrogens (tertiary/aromatic N) is 4. The minimum atomic E-state index is -1.57. The van der Waals surface area contributed by atoms with E-state index in [9.17, 15) is 33.9 Å². The molecule has 3 aromatic carbocycles. The van der Waals surface area contributed by atoms with Gasteiger partial charge in [-0.15, -0.1) is 0 Å². The normalized spacial score (nSPS) is 13.0. The van der Waals surface area contributed by atoms with Crippen molar-refractivity contribution in [3.63, 3.8) is 0 Å². The number of aliphatic hydroxyl groups excluding tert-OH is 1. The molecule has 0 aliphatic rings. The molecule has 5 atom stereocenters. The lowest BCUT2D eigenvalue weighted by Gasteiger charge is -2.27. The highest BCUT2D eigenvalue weighted by atomic mass is 16.3. The highest BCUT2D eigenvalue weighted by Crippen LogP contribution is 2.09. The number of benzene rings is 3. The maximum Gasteiger partial charge on any atom is 0.245 e. The minimum Gasteiger partial charge on any atom is -0.394 e. The van der Waals surface area contributed by atoms with Gasteiger partial charge in [0.05, 0.1) is 6.61 Å². The van der Waals surface area contributed by atoms with Gasteiger partial charge in [0.2, 0.25) is 35.4 Å². The predicted molar refractivity (Wildman–Crippen MR) is 236 cm³/mol. The maximum atomic E-state index is 14.1. The van der Waals surface area contributed by atoms with Crippen LogP contribution in [0.1, 0.15) is 29.5 Å². The first-order valence-electron chi connectivity index (χ1n) is 20.0. The van der Waals surface area contributed by atoms with Crippen LogP contribution in [-0.4, -0.2) is 140 Å². The number of nitrogens with two attached hydrogens (primary N) is 3. The fourth-order valence-electron chi connectivity index (χ4n) is 6.31. The summed E-state index contributed by atoms with van der Waals surface area (Å²) in [5.74, 6) is -4.19. The zero-order valence-corrected chi connectivity index (χ0v) is 35.6. The highest BCUT2D eigenvalue weighted by Gasteiger charge is 2.32. The van der Waals surface area contributed by atoms with Gasteiger partial charge in [-0.25, -0.2) is 4.99 Å². The Morgan fingerprint density at radius 1 is 0.548 bits per heavy atom. The van der Waals surface area contributed by atoms with Crippen LogP contribution in [0, 0.1) is 0 Å². The molecule has 0 aliphatic carbocycles. The SMILES string of the molecule is CN(C)C(=NCC(=O)N[C@@H](Cc1ccccc1)C(=O)N[C@@H](CO)C(=O)N[C@@H](Cc1ccccc1)C(=O)N[C@@H](CCCN=C(N)N)C(=O)N[C@@H](Cc1ccccc1)C(N)=O)N(C)C. The monoisotopic (exact) mass is 856 g/mol. The summed E-state index contributed by atoms with van der Waals surface area (Å²) in [6.07, 6.45) is 0.348. The van der Waals surface area contributed by atoms with E-state index in [0.29, 0.717) is 17.1 Å². The first kappa shape index (κ1) is 49.3. The predicted octanol–water partition coefficient (Wildman–Crippen LogP) is -1.85. The van der Waals surface area contributed by atoms with Gasteiger partial charge < -0.3 is 58.7 Å². The zero-order chi connectivity index (χ0) is 45.6. The van der Waals surface area contributed by atoms with Gasteiger partial charge in [0.15, 0.2) is 11.9 Å². The molecule has 3 aromatic rings. The zero-order valence-electron chi connectivity index (χ0n) is 35.6. The summed E-state index contributed by atoms with van der Waals surface area (Å²) >= 11 is 0. The number of primary amides is 1. The number of nitrogens with one attached hydrogen (secondary N) is 5. The summed E-state index contributed by atoms with van der Waals surface area (Å²) in [4.78, 5) is 92.9. The van der Waals surface area contributed by atoms with E-state index in [1.165, 1.54) is 0 Å². The fourth-order valence-corrected chi connectivity index (χ4v) is 6.31. The van der Waals surface area contributed by atoms with Crippen LogP contribution in [0.4, 0.5) is 0 Å². The van der Waals surface area contributed by atoms with E-state index < -0.39 is 72.3 Å². The third kappa shape index (κ3) is 17.3. The molecule has 0 radical (unpaired) electrons. The smallest absolute Gasteiger partial charge is 0.245 e. The molecule has 12 N–H and O–H groups in total. The lowest BCUT2D eigenvalue weighted by molar-refractivity contribution is -0.135. The maximum absolute atomic E-state index is 14.1. The lowest BCUT2D eigenvalue weighted by Crippen LogP contribution is -2.60. The molecule has 0 unspecified atom stereocenters. The van der Waals surface area contributed by atoms with Gasteiger partial charge in [-0.1, -0.05) is 91.0 Å². The van der Waals surface area contributed by atoms with Crippen molar-refractivity contribution in [1.82, 2.24) is 36.4 Å². The van der Waals surface area contributed by atoms with Crippen molar-refractivity contribution < 1.29 is 33.9 Å². The molecule has 6 amide bonds. The molecule has 0 bridgehead atoms. The molecule has 62 heavy (non-hydrogen) atoms. The van der Waals surface area contributed by atoms with Crippen molar-refractivity contribution in [2.24, 2.45) is 27.2 Å². The number of aliphatic hydroxyl groups is 1. The average molecular weight is 857 g/mol. The number of hydrogen-bond acceptors (Lipinski definition) is 9. The van der Waals surface area contributed by atoms with Crippen molar-refractivity contribution in [3.05, 3.63) is 108 Å². The van der Waals surface area contributed by atoms with Crippen molar-refractivity contribution >= 4 is 47.4 Å². The van der Waals surface area contributed by atoms with Gasteiger partial charge >= 0.3 is 0 Å². The Morgan fingerprint density at radius 3 is 1.37 bits per heavy atom. The first-order valence-corrected chi connectivity index (χ1v) is 20.0. The van der Waals surface area contributed by atoms with Crippen LogP contribution in [0.2, 0.25) is 0 Å². The largest absolute Gasteiger partial charge is 0.394 e. The summed E-state index contributed by atoms with van der Waals surface area (Å²) in [6.45, 7) is -1.04. The van der Waals surface area contributed by atoms with E-state index >= 15 is 0 Å². The van der Waals surface area contributed by atoms with E-state index in [4.69, 9.17) is 17.2 Å². The van der Waals surface area contributed by atoms with E-state index in [2.05, 4.69) is 36.6 Å². The van der Waals surface area contributed by atoms with Crippen molar-refractivity contribution in [2.75, 3.05) is 47.9 Å². The van der Waals surface area contributed by atoms with E-state index in [1.54, 1.807) is 129 Å². The van der Waals surface area contributed by atoms with Crippen molar-refractivity contribution in [2.45, 2.75) is 62.3 Å². The number of guanidine groups is 2. The summed E-state index contributed by atoms with van der Waals surface area (Å²) in [7, 11) is 7.10. The molecule has 3 rings (SSSR count). The van der Waals surface area contributed by atoms with Crippen LogP contribution in [0.15, 0.2) is 101 Å². The molecule has 19 nitrogen and oxygen atoms in total. The molecule has 0 saturated carbocycles. The van der Waals surface area contributed by atoms with Crippen molar-refractivity contribution in [3.8, 4) is 0 Å². The Hall–Kier alpha value is -7.02. The summed E-state index contributed by atoms with van der Waals surface area (Å²) in [5.41, 5.74) is 18.7. The number of hydrogen-bond donors (Lipinski definition) is 9. The second-order valence-corrected chi connectivity index (χ2v) is 14.9. The molecular formula is C43H60N12O7. The molecule has 19 heteroatoms. The van der Waals surface area contributed by atoms with Crippen molar-refractivity contribution in [1.29, 1.82) is 0 Å². The summed E-state index contributed by atoms with van der Waals surface area (Å²) in [5, 5.41) is 23.6. The van der Waals surface area contributed by atoms with E-state index in [-0.39, 0.29) is 51.2 Å². The third-order valence-electron chi connectivity index (χ3n) is 9.35. The Morgan fingerprint density at radius 2 is 0.935 bits per heavy atom. The number of rotatable bonds is 23. The molecule has 0 saturated heterocycles. The van der Waals surface area contributed by atoms with Crippen LogP contribution < -0.4 is 43.8 Å². The number of carbonyl (C=O) groups is 6. The molecule has 0 aromatic heterocycles. The van der Waals surface area contributed by atoms with Gasteiger partial charge in [-0.2, -0.15) is 0 Å². The molecule has 334 valence electrons. The van der Waals surface area contributed by atoms with Gasteiger partial charge in [-0.05, 0) is 29.5 Å². The Kier molecular flexibility index (Phi) is 20.3. The molecule has 0 heterocycles. The van der Waals surface area contributed by atoms with Crippen LogP contribution >= 0.6 is 0 Å². The topological polar surface area (TPSA) is 292 Å². The lowest BCUT2D eigenvalue weighted by atomic mass is 10.0. The van der Waals surface area contributed by atoms with E-state index in [1.807, 2.05) is 0 Å². The third-order valence-corrected chi connectivity index (χ3v) is 9.35. The number of carbonyl (C=O) groups excluding carboxylic acids is 6. The summed E-state index contributed by atoms with van der Waals surface area (Å²) in [6, 6.07) is 20.1. The average Bonchev–Trinajstić information content (AvgIpc) is 3.23. The Labute approximate surface area is 362 Å². The second-order valence-electron chi connectivity index (χ2n) is 14.9. The minimum absolute atomic E-state index is 0.0257. The van der Waals surface area contributed by atoms with Crippen LogP contribution in [0.5, 0.6) is 0 Å². The quantitative estimate of drug-likeness (QED) is 0.0290. The number of amides is 6. The van der Waals surface area contributed by atoms with Gasteiger partial charge in [0, 0.05) is 54.0 Å². The number of aliphatic imine (C=N–C) groups is 2. The van der Waals surface area contributed by atoms with Gasteiger partial charge in [0.1, 0.15) is 36.8 Å². The Bertz CT molecular complexity index is 1970. The van der Waals surface area contributed by atoms with E-state index in [0.717, 1.165) is 5.56 Å². The Balaban J connectivity index is 1.85. The standard InChI is InChI=1S/C43H60N12O7/c1-54(2)43(55(3)4)48-26-36(57)49-33(24-29-17-10-6-11-18-29)39(60)53-35(27-56)41(62)52-34(25-30-19-12-7-13-20-30)40(61)50-31(21-14-22-47-42(45)46)38(59)51-32(37(44)58)23-28-15-8-5-9-16-28/h5-13,15-20,31-35,56H,14,21-27H2,1-4H3,(H2,44,58)(H,49,57)(H,50,61)(H,51,59)(H,52,62)(H,53,60)(H4,45,46,47)/t31-,32-,33-,34-,35-/m0/s1. The molecule has 0 fully saturated rings. The van der Waals surface area contributed by atoms with Crippen LogP contribution in [-0.2, 0) is 48.0 Å². The highest BCUT2D eigenvalue weighted by molar-refractivity contribution is 5.97. The van der Waals surface area contributed by atoms with Crippen LogP contribution in [0.3, 0.4) is 0 Å². The fraction of sp³-hybridized carbons (Fsp3) is 0.395. The first-order chi connectivity index (χ1) is 29.6. The molecule has 0 spiro atoms. The van der Waals surface area contributed by atoms with Gasteiger partial charge in [0.25, 0.3) is 0 Å². The summed E-state index contributed by atoms with van der Waals surface area (Å²) < 4.78 is 0.